The number of carbonyl (C=O) groups excluding carboxylic acids is 1. The summed E-state index contributed by atoms with van der Waals surface area (Å²) in [5.41, 5.74) is 0.588. The Kier molecular flexibility index (Phi) is 4.68. The minimum atomic E-state index is -0.291. The Morgan fingerprint density at radius 3 is 2.27 bits per heavy atom. The molecule has 0 unspecified atom stereocenters. The van der Waals surface area contributed by atoms with Crippen LogP contribution in [0.2, 0.25) is 0 Å². The number of hydrogen-bond acceptors (Lipinski definition) is 2. The predicted molar refractivity (Wildman–Crippen MR) is 44.9 cm³/mol. The summed E-state index contributed by atoms with van der Waals surface area (Å²) in [7, 11) is 1.37. The molecule has 0 aliphatic rings. The maximum atomic E-state index is 10.8. The third-order valence-electron chi connectivity index (χ3n) is 1.19. The van der Waals surface area contributed by atoms with Crippen LogP contribution >= 0.6 is 0 Å². The second-order valence-electron chi connectivity index (χ2n) is 1.86. The molecule has 0 fully saturated rings. The zero-order chi connectivity index (χ0) is 7.40. The normalized spacial score (nSPS) is 8.09. The summed E-state index contributed by atoms with van der Waals surface area (Å²) in [4.78, 5) is 10.8. The summed E-state index contributed by atoms with van der Waals surface area (Å²) in [6, 6.07) is 8.88. The third-order valence-corrected chi connectivity index (χ3v) is 1.19. The van der Waals surface area contributed by atoms with Crippen molar-refractivity contribution >= 4 is 24.8 Å². The van der Waals surface area contributed by atoms with E-state index in [0.29, 0.717) is 5.56 Å². The van der Waals surface area contributed by atoms with Gasteiger partial charge in [-0.25, -0.2) is 4.79 Å². The van der Waals surface area contributed by atoms with Crippen molar-refractivity contribution in [3.8, 4) is 0 Å². The van der Waals surface area contributed by atoms with Gasteiger partial charge in [0, 0.05) is 0 Å². The summed E-state index contributed by atoms with van der Waals surface area (Å²) >= 11 is 0. The Bertz CT molecular complexity index is 221. The first-order valence-electron chi connectivity index (χ1n) is 2.98. The number of methoxy groups -OCH3 is 1. The molecule has 0 aromatic heterocycles. The molecule has 0 bridgehead atoms. The number of carbonyl (C=O) groups is 1. The summed E-state index contributed by atoms with van der Waals surface area (Å²) in [5, 5.41) is 0. The zero-order valence-electron chi connectivity index (χ0n) is 5.70. The van der Waals surface area contributed by atoms with Gasteiger partial charge >= 0.3 is 24.8 Å². The molecule has 54 valence electrons. The van der Waals surface area contributed by atoms with Crippen molar-refractivity contribution in [2.75, 3.05) is 7.11 Å². The van der Waals surface area contributed by atoms with E-state index in [1.165, 1.54) is 7.11 Å². The van der Waals surface area contributed by atoms with Crippen molar-refractivity contribution in [3.63, 3.8) is 0 Å². The molecule has 3 heteroatoms. The first-order valence-corrected chi connectivity index (χ1v) is 2.98. The van der Waals surface area contributed by atoms with Crippen LogP contribution in [0, 0.1) is 0 Å². The van der Waals surface area contributed by atoms with Crippen LogP contribution in [0.25, 0.3) is 0 Å². The monoisotopic (exact) mass is 144 g/mol. The Morgan fingerprint density at radius 1 is 1.27 bits per heavy atom. The molecule has 0 atom stereocenters. The van der Waals surface area contributed by atoms with E-state index in [2.05, 4.69) is 4.74 Å². The van der Waals surface area contributed by atoms with Crippen molar-refractivity contribution in [3.05, 3.63) is 35.9 Å². The average molecular weight is 144 g/mol. The van der Waals surface area contributed by atoms with Gasteiger partial charge < -0.3 is 4.74 Å². The Balaban J connectivity index is 0.000001000. The van der Waals surface area contributed by atoms with E-state index in [-0.39, 0.29) is 24.8 Å². The molecule has 1 aromatic rings. The number of ether oxygens (including phenoxy) is 1. The van der Waals surface area contributed by atoms with Crippen molar-refractivity contribution < 1.29 is 9.53 Å². The van der Waals surface area contributed by atoms with Crippen molar-refractivity contribution in [2.24, 2.45) is 0 Å². The number of benzene rings is 1. The minimum absolute atomic E-state index is 0. The summed E-state index contributed by atoms with van der Waals surface area (Å²) in [5.74, 6) is -0.291. The third kappa shape index (κ3) is 2.79. The fourth-order valence-corrected chi connectivity index (χ4v) is 0.692. The molecule has 0 amide bonds. The zero-order valence-corrected chi connectivity index (χ0v) is 5.70. The Hall–Kier alpha value is -0.713. The molecule has 0 radical (unpaired) electrons. The molecule has 0 saturated carbocycles. The number of rotatable bonds is 1. The van der Waals surface area contributed by atoms with Gasteiger partial charge in [0.15, 0.2) is 0 Å². The molecular formula is C8H9LiO2. The summed E-state index contributed by atoms with van der Waals surface area (Å²) in [6.45, 7) is 0. The van der Waals surface area contributed by atoms with E-state index in [1.54, 1.807) is 24.3 Å². The van der Waals surface area contributed by atoms with Crippen LogP contribution in [-0.2, 0) is 4.74 Å². The first-order chi connectivity index (χ1) is 4.84. The molecule has 2 nitrogen and oxygen atoms in total. The second-order valence-corrected chi connectivity index (χ2v) is 1.86. The van der Waals surface area contributed by atoms with Crippen LogP contribution in [0.15, 0.2) is 30.3 Å². The molecule has 1 rings (SSSR count). The molecule has 0 N–H and O–H groups in total. The van der Waals surface area contributed by atoms with Crippen LogP contribution in [0.3, 0.4) is 0 Å². The Morgan fingerprint density at radius 2 is 1.82 bits per heavy atom. The molecule has 1 aromatic carbocycles. The summed E-state index contributed by atoms with van der Waals surface area (Å²) in [6.07, 6.45) is 0. The topological polar surface area (TPSA) is 26.3 Å². The van der Waals surface area contributed by atoms with Crippen LogP contribution in [-0.4, -0.2) is 31.9 Å². The predicted octanol–water partition coefficient (Wildman–Crippen LogP) is 0.825. The fraction of sp³-hybridized carbons (Fsp3) is 0.125. The van der Waals surface area contributed by atoms with Gasteiger partial charge in [-0.2, -0.15) is 0 Å². The van der Waals surface area contributed by atoms with Crippen LogP contribution in [0.1, 0.15) is 10.4 Å². The van der Waals surface area contributed by atoms with Gasteiger partial charge in [-0.05, 0) is 12.1 Å². The number of esters is 1. The van der Waals surface area contributed by atoms with E-state index in [0.717, 1.165) is 0 Å². The van der Waals surface area contributed by atoms with E-state index < -0.39 is 0 Å². The van der Waals surface area contributed by atoms with Crippen molar-refractivity contribution in [1.29, 1.82) is 0 Å². The van der Waals surface area contributed by atoms with Gasteiger partial charge in [0.25, 0.3) is 0 Å². The van der Waals surface area contributed by atoms with Gasteiger partial charge in [0.2, 0.25) is 0 Å². The fourth-order valence-electron chi connectivity index (χ4n) is 0.692. The number of hydrogen-bond donors (Lipinski definition) is 0. The van der Waals surface area contributed by atoms with Crippen molar-refractivity contribution in [2.45, 2.75) is 0 Å². The van der Waals surface area contributed by atoms with E-state index in [9.17, 15) is 4.79 Å². The first kappa shape index (κ1) is 10.3. The van der Waals surface area contributed by atoms with E-state index >= 15 is 0 Å². The molecule has 0 saturated heterocycles. The second kappa shape index (κ2) is 5.01. The van der Waals surface area contributed by atoms with Crippen LogP contribution in [0.5, 0.6) is 0 Å². The van der Waals surface area contributed by atoms with E-state index in [4.69, 9.17) is 0 Å². The molecule has 0 aliphatic carbocycles. The molecule has 0 aliphatic heterocycles. The Labute approximate surface area is 77.7 Å². The van der Waals surface area contributed by atoms with Gasteiger partial charge in [-0.15, -0.1) is 0 Å². The maximum absolute atomic E-state index is 10.8. The average Bonchev–Trinajstić information content (AvgIpc) is 2.05. The SMILES string of the molecule is COC(=O)c1ccccc1.[LiH]. The van der Waals surface area contributed by atoms with Crippen molar-refractivity contribution in [1.82, 2.24) is 0 Å². The molecular weight excluding hydrogens is 135 g/mol. The summed E-state index contributed by atoms with van der Waals surface area (Å²) < 4.78 is 4.50. The standard InChI is InChI=1S/C8H8O2.Li.H/c1-10-8(9)7-5-3-2-4-6-7;;/h2-6H,1H3;;. The molecule has 0 spiro atoms. The van der Waals surface area contributed by atoms with E-state index in [1.807, 2.05) is 6.07 Å². The molecule has 0 heterocycles. The van der Waals surface area contributed by atoms with Gasteiger partial charge in [0.1, 0.15) is 0 Å². The van der Waals surface area contributed by atoms with Crippen LogP contribution in [0.4, 0.5) is 0 Å². The quantitative estimate of drug-likeness (QED) is 0.431. The van der Waals surface area contributed by atoms with Crippen LogP contribution < -0.4 is 0 Å². The molecule has 11 heavy (non-hydrogen) atoms. The van der Waals surface area contributed by atoms with Gasteiger partial charge in [-0.1, -0.05) is 18.2 Å². The van der Waals surface area contributed by atoms with Gasteiger partial charge in [0.05, 0.1) is 12.7 Å². The van der Waals surface area contributed by atoms with Gasteiger partial charge in [-0.3, -0.25) is 0 Å².